The normalized spacial score (nSPS) is 13.0. The molecule has 1 atom stereocenters. The van der Waals surface area contributed by atoms with Crippen molar-refractivity contribution in [2.24, 2.45) is 0 Å². The first kappa shape index (κ1) is 21.2. The lowest BCUT2D eigenvalue weighted by Gasteiger charge is -2.29. The molecule has 0 spiro atoms. The largest absolute Gasteiger partial charge is 0.301 e. The monoisotopic (exact) mass is 317 g/mol. The average molecular weight is 318 g/mol. The number of rotatable bonds is 16. The molecule has 0 aliphatic carbocycles. The SMILES string of the molecule is CCCCCCCCCCCC(CCCCl)N(CC)CC. The maximum atomic E-state index is 5.87. The van der Waals surface area contributed by atoms with Gasteiger partial charge in [-0.15, -0.1) is 11.6 Å². The van der Waals surface area contributed by atoms with Crippen LogP contribution in [-0.2, 0) is 0 Å². The van der Waals surface area contributed by atoms with Crippen LogP contribution in [0.2, 0.25) is 0 Å². The van der Waals surface area contributed by atoms with Gasteiger partial charge in [-0.3, -0.25) is 0 Å². The van der Waals surface area contributed by atoms with E-state index in [2.05, 4.69) is 25.7 Å². The van der Waals surface area contributed by atoms with E-state index in [-0.39, 0.29) is 0 Å². The summed E-state index contributed by atoms with van der Waals surface area (Å²) in [7, 11) is 0. The van der Waals surface area contributed by atoms with Gasteiger partial charge in [0.1, 0.15) is 0 Å². The molecule has 0 rings (SSSR count). The number of alkyl halides is 1. The van der Waals surface area contributed by atoms with E-state index in [9.17, 15) is 0 Å². The van der Waals surface area contributed by atoms with Gasteiger partial charge in [0.2, 0.25) is 0 Å². The quantitative estimate of drug-likeness (QED) is 0.228. The lowest BCUT2D eigenvalue weighted by Crippen LogP contribution is -2.35. The summed E-state index contributed by atoms with van der Waals surface area (Å²) in [6.45, 7) is 9.22. The Morgan fingerprint density at radius 2 is 1.14 bits per heavy atom. The zero-order valence-electron chi connectivity index (χ0n) is 15.0. The van der Waals surface area contributed by atoms with Crippen LogP contribution >= 0.6 is 11.6 Å². The van der Waals surface area contributed by atoms with Gasteiger partial charge in [-0.2, -0.15) is 0 Å². The second-order valence-electron chi connectivity index (χ2n) is 6.32. The molecule has 0 aromatic carbocycles. The number of hydrogen-bond donors (Lipinski definition) is 0. The van der Waals surface area contributed by atoms with E-state index in [0.29, 0.717) is 0 Å². The molecule has 0 aromatic rings. The first-order chi connectivity index (χ1) is 10.3. The van der Waals surface area contributed by atoms with Crippen molar-refractivity contribution in [3.05, 3.63) is 0 Å². The van der Waals surface area contributed by atoms with Crippen LogP contribution in [0.3, 0.4) is 0 Å². The fourth-order valence-electron chi connectivity index (χ4n) is 3.25. The van der Waals surface area contributed by atoms with Gasteiger partial charge in [0.25, 0.3) is 0 Å². The number of hydrogen-bond acceptors (Lipinski definition) is 1. The lowest BCUT2D eigenvalue weighted by molar-refractivity contribution is 0.191. The first-order valence-corrected chi connectivity index (χ1v) is 10.1. The van der Waals surface area contributed by atoms with Crippen LogP contribution in [0.5, 0.6) is 0 Å². The van der Waals surface area contributed by atoms with Gasteiger partial charge in [0.05, 0.1) is 0 Å². The van der Waals surface area contributed by atoms with E-state index in [1.807, 2.05) is 0 Å². The summed E-state index contributed by atoms with van der Waals surface area (Å²) < 4.78 is 0. The Balaban J connectivity index is 3.62. The molecule has 0 amide bonds. The molecule has 1 unspecified atom stereocenters. The minimum Gasteiger partial charge on any atom is -0.301 e. The summed E-state index contributed by atoms with van der Waals surface area (Å²) in [5.41, 5.74) is 0. The summed E-state index contributed by atoms with van der Waals surface area (Å²) >= 11 is 5.87. The molecule has 0 saturated carbocycles. The minimum absolute atomic E-state index is 0.767. The second-order valence-corrected chi connectivity index (χ2v) is 6.70. The Kier molecular flexibility index (Phi) is 16.8. The molecule has 0 bridgehead atoms. The first-order valence-electron chi connectivity index (χ1n) is 9.60. The molecule has 0 aliphatic heterocycles. The minimum atomic E-state index is 0.767. The third kappa shape index (κ3) is 12.5. The average Bonchev–Trinajstić information content (AvgIpc) is 2.51. The lowest BCUT2D eigenvalue weighted by atomic mass is 10.0. The highest BCUT2D eigenvalue weighted by Crippen LogP contribution is 2.17. The van der Waals surface area contributed by atoms with Crippen molar-refractivity contribution < 1.29 is 0 Å². The van der Waals surface area contributed by atoms with E-state index < -0.39 is 0 Å². The zero-order chi connectivity index (χ0) is 15.8. The van der Waals surface area contributed by atoms with Crippen LogP contribution < -0.4 is 0 Å². The summed E-state index contributed by atoms with van der Waals surface area (Å²) in [5.74, 6) is 0.815. The van der Waals surface area contributed by atoms with Crippen LogP contribution in [0.25, 0.3) is 0 Å². The zero-order valence-corrected chi connectivity index (χ0v) is 15.8. The van der Waals surface area contributed by atoms with Crippen LogP contribution in [0.1, 0.15) is 97.8 Å². The van der Waals surface area contributed by atoms with E-state index in [4.69, 9.17) is 11.6 Å². The van der Waals surface area contributed by atoms with Gasteiger partial charge < -0.3 is 4.90 Å². The molecule has 0 N–H and O–H groups in total. The van der Waals surface area contributed by atoms with Gasteiger partial charge >= 0.3 is 0 Å². The molecule has 0 aliphatic rings. The summed E-state index contributed by atoms with van der Waals surface area (Å²) in [5, 5.41) is 0. The predicted octanol–water partition coefficient (Wildman–Crippen LogP) is 6.64. The smallest absolute Gasteiger partial charge is 0.0224 e. The molecule has 0 heterocycles. The predicted molar refractivity (Wildman–Crippen MR) is 98.5 cm³/mol. The Morgan fingerprint density at radius 1 is 0.667 bits per heavy atom. The molecule has 0 saturated heterocycles. The number of unbranched alkanes of at least 4 members (excludes halogenated alkanes) is 8. The van der Waals surface area contributed by atoms with Crippen LogP contribution in [0.4, 0.5) is 0 Å². The van der Waals surface area contributed by atoms with E-state index >= 15 is 0 Å². The standard InChI is InChI=1S/C19H40ClN/c1-4-7-8-9-10-11-12-13-14-16-19(17-15-18-20)21(5-2)6-3/h19H,4-18H2,1-3H3. The second kappa shape index (κ2) is 16.6. The van der Waals surface area contributed by atoms with Gasteiger partial charge in [0, 0.05) is 11.9 Å². The van der Waals surface area contributed by atoms with Crippen LogP contribution in [0.15, 0.2) is 0 Å². The maximum absolute atomic E-state index is 5.87. The van der Waals surface area contributed by atoms with Crippen molar-refractivity contribution in [2.75, 3.05) is 19.0 Å². The van der Waals surface area contributed by atoms with Crippen molar-refractivity contribution in [3.8, 4) is 0 Å². The van der Waals surface area contributed by atoms with Crippen molar-refractivity contribution in [3.63, 3.8) is 0 Å². The molecule has 1 nitrogen and oxygen atoms in total. The Morgan fingerprint density at radius 3 is 1.62 bits per heavy atom. The van der Waals surface area contributed by atoms with E-state index in [0.717, 1.165) is 11.9 Å². The van der Waals surface area contributed by atoms with Crippen molar-refractivity contribution >= 4 is 11.6 Å². The highest BCUT2D eigenvalue weighted by atomic mass is 35.5. The summed E-state index contributed by atoms with van der Waals surface area (Å²) in [6.07, 6.45) is 16.6. The van der Waals surface area contributed by atoms with Crippen molar-refractivity contribution in [1.82, 2.24) is 4.90 Å². The molecule has 2 heteroatoms. The van der Waals surface area contributed by atoms with E-state index in [1.54, 1.807) is 0 Å². The number of halogens is 1. The Hall–Kier alpha value is 0.250. The van der Waals surface area contributed by atoms with E-state index in [1.165, 1.54) is 90.1 Å². The maximum Gasteiger partial charge on any atom is 0.0224 e. The highest BCUT2D eigenvalue weighted by Gasteiger charge is 2.14. The third-order valence-electron chi connectivity index (χ3n) is 4.64. The molecule has 0 fully saturated rings. The topological polar surface area (TPSA) is 3.24 Å². The van der Waals surface area contributed by atoms with Crippen molar-refractivity contribution in [2.45, 2.75) is 104 Å². The Bertz CT molecular complexity index is 192. The highest BCUT2D eigenvalue weighted by molar-refractivity contribution is 6.17. The fourth-order valence-corrected chi connectivity index (χ4v) is 3.41. The van der Waals surface area contributed by atoms with Gasteiger partial charge in [-0.05, 0) is 32.4 Å². The molecule has 0 aromatic heterocycles. The molecule has 21 heavy (non-hydrogen) atoms. The van der Waals surface area contributed by atoms with Crippen LogP contribution in [0, 0.1) is 0 Å². The summed E-state index contributed by atoms with van der Waals surface area (Å²) in [6, 6.07) is 0.767. The summed E-state index contributed by atoms with van der Waals surface area (Å²) in [4.78, 5) is 2.62. The molecular weight excluding hydrogens is 278 g/mol. The third-order valence-corrected chi connectivity index (χ3v) is 4.91. The van der Waals surface area contributed by atoms with Crippen molar-refractivity contribution in [1.29, 1.82) is 0 Å². The molecule has 0 radical (unpaired) electrons. The molecule has 128 valence electrons. The van der Waals surface area contributed by atoms with Gasteiger partial charge in [-0.25, -0.2) is 0 Å². The van der Waals surface area contributed by atoms with Gasteiger partial charge in [0.15, 0.2) is 0 Å². The Labute approximate surface area is 139 Å². The van der Waals surface area contributed by atoms with Gasteiger partial charge in [-0.1, -0.05) is 78.6 Å². The molecular formula is C19H40ClN. The number of nitrogens with zero attached hydrogens (tertiary/aromatic N) is 1. The van der Waals surface area contributed by atoms with Crippen LogP contribution in [-0.4, -0.2) is 29.9 Å². The fraction of sp³-hybridized carbons (Fsp3) is 1.00.